The highest BCUT2D eigenvalue weighted by Gasteiger charge is 2.00. The molecule has 2 aromatic rings. The van der Waals surface area contributed by atoms with Crippen molar-refractivity contribution >= 4 is 22.9 Å². The monoisotopic (exact) mass is 171 g/mol. The third-order valence-electron chi connectivity index (χ3n) is 1.82. The van der Waals surface area contributed by atoms with Crippen LogP contribution in [0.4, 0.5) is 5.82 Å². The molecule has 0 unspecified atom stereocenters. The van der Waals surface area contributed by atoms with E-state index in [2.05, 4.69) is 16.5 Å². The summed E-state index contributed by atoms with van der Waals surface area (Å²) in [4.78, 5) is 8.48. The second-order valence-corrected chi connectivity index (χ2v) is 2.69. The molecule has 0 bridgehead atoms. The number of hydrogen-bond donors (Lipinski definition) is 1. The third-order valence-corrected chi connectivity index (χ3v) is 1.82. The molecule has 0 radical (unpaired) electrons. The molecule has 0 fully saturated rings. The number of hydrogen-bond acceptors (Lipinski definition) is 3. The Bertz CT molecular complexity index is 463. The van der Waals surface area contributed by atoms with E-state index in [0.29, 0.717) is 11.5 Å². The zero-order chi connectivity index (χ0) is 9.26. The van der Waals surface area contributed by atoms with E-state index < -0.39 is 0 Å². The number of nitrogen functional groups attached to an aromatic ring is 1. The second kappa shape index (κ2) is 2.86. The van der Waals surface area contributed by atoms with Gasteiger partial charge in [-0.3, -0.25) is 0 Å². The Kier molecular flexibility index (Phi) is 1.70. The first-order chi connectivity index (χ1) is 6.31. The van der Waals surface area contributed by atoms with Crippen molar-refractivity contribution in [3.05, 3.63) is 36.5 Å². The zero-order valence-electron chi connectivity index (χ0n) is 7.07. The Balaban J connectivity index is 2.81. The molecule has 0 atom stereocenters. The van der Waals surface area contributed by atoms with E-state index in [1.54, 1.807) is 6.08 Å². The number of aromatic nitrogens is 2. The highest BCUT2D eigenvalue weighted by Crippen LogP contribution is 2.14. The largest absolute Gasteiger partial charge is 0.382 e. The van der Waals surface area contributed by atoms with Gasteiger partial charge >= 0.3 is 0 Å². The van der Waals surface area contributed by atoms with Gasteiger partial charge in [0, 0.05) is 0 Å². The van der Waals surface area contributed by atoms with Crippen molar-refractivity contribution in [2.75, 3.05) is 5.73 Å². The fourth-order valence-electron chi connectivity index (χ4n) is 1.18. The number of fused-ring (bicyclic) bond motifs is 1. The van der Waals surface area contributed by atoms with Crippen LogP contribution >= 0.6 is 0 Å². The van der Waals surface area contributed by atoms with E-state index in [0.717, 1.165) is 11.0 Å². The Morgan fingerprint density at radius 2 is 1.77 bits per heavy atom. The summed E-state index contributed by atoms with van der Waals surface area (Å²) in [5.74, 6) is 0.425. The predicted molar refractivity (Wildman–Crippen MR) is 54.0 cm³/mol. The van der Waals surface area contributed by atoms with Crippen LogP contribution in [-0.2, 0) is 0 Å². The average Bonchev–Trinajstić information content (AvgIpc) is 2.17. The minimum absolute atomic E-state index is 0.425. The van der Waals surface area contributed by atoms with Crippen LogP contribution in [-0.4, -0.2) is 9.97 Å². The molecular formula is C10H9N3. The molecule has 13 heavy (non-hydrogen) atoms. The summed E-state index contributed by atoms with van der Waals surface area (Å²) in [6.07, 6.45) is 1.61. The van der Waals surface area contributed by atoms with Crippen LogP contribution in [0.3, 0.4) is 0 Å². The van der Waals surface area contributed by atoms with E-state index in [9.17, 15) is 0 Å². The Labute approximate surface area is 75.9 Å². The van der Waals surface area contributed by atoms with Gasteiger partial charge in [-0.15, -0.1) is 0 Å². The summed E-state index contributed by atoms with van der Waals surface area (Å²) in [7, 11) is 0. The molecule has 0 aliphatic rings. The third kappa shape index (κ3) is 1.24. The number of rotatable bonds is 1. The van der Waals surface area contributed by atoms with Gasteiger partial charge in [0.05, 0.1) is 11.0 Å². The molecule has 0 amide bonds. The summed E-state index contributed by atoms with van der Waals surface area (Å²) >= 11 is 0. The second-order valence-electron chi connectivity index (χ2n) is 2.69. The highest BCUT2D eigenvalue weighted by molar-refractivity contribution is 5.77. The quantitative estimate of drug-likeness (QED) is 0.712. The van der Waals surface area contributed by atoms with E-state index in [-0.39, 0.29) is 0 Å². The molecule has 64 valence electrons. The number of para-hydroxylation sites is 2. The molecule has 0 saturated carbocycles. The molecule has 0 saturated heterocycles. The van der Waals surface area contributed by atoms with Crippen molar-refractivity contribution in [2.24, 2.45) is 0 Å². The molecule has 1 aromatic heterocycles. The van der Waals surface area contributed by atoms with Gasteiger partial charge in [0.25, 0.3) is 0 Å². The minimum Gasteiger partial charge on any atom is -0.382 e. The number of nitrogens with zero attached hydrogens (tertiary/aromatic N) is 2. The van der Waals surface area contributed by atoms with Gasteiger partial charge in [-0.1, -0.05) is 18.7 Å². The Hall–Kier alpha value is -1.90. The topological polar surface area (TPSA) is 51.8 Å². The lowest BCUT2D eigenvalue weighted by Crippen LogP contribution is -1.97. The summed E-state index contributed by atoms with van der Waals surface area (Å²) in [6.45, 7) is 3.62. The lowest BCUT2D eigenvalue weighted by atomic mass is 10.3. The van der Waals surface area contributed by atoms with Crippen LogP contribution < -0.4 is 5.73 Å². The standard InChI is InChI=1S/C10H9N3/c1-2-7-10(11)13-9-6-4-3-5-8(9)12-7/h2-6H,1H2,(H2,11,13). The molecule has 2 N–H and O–H groups in total. The van der Waals surface area contributed by atoms with Crippen molar-refractivity contribution in [2.45, 2.75) is 0 Å². The van der Waals surface area contributed by atoms with Crippen LogP contribution in [0.25, 0.3) is 17.1 Å². The fourth-order valence-corrected chi connectivity index (χ4v) is 1.18. The van der Waals surface area contributed by atoms with E-state index in [1.807, 2.05) is 24.3 Å². The molecular weight excluding hydrogens is 162 g/mol. The predicted octanol–water partition coefficient (Wildman–Crippen LogP) is 1.85. The first-order valence-corrected chi connectivity index (χ1v) is 3.96. The van der Waals surface area contributed by atoms with Gasteiger partial charge in [0.15, 0.2) is 0 Å². The summed E-state index contributed by atoms with van der Waals surface area (Å²) in [5, 5.41) is 0. The van der Waals surface area contributed by atoms with Gasteiger partial charge in [-0.2, -0.15) is 0 Å². The molecule has 0 aliphatic heterocycles. The lowest BCUT2D eigenvalue weighted by Gasteiger charge is -2.00. The van der Waals surface area contributed by atoms with Crippen molar-refractivity contribution in [1.29, 1.82) is 0 Å². The van der Waals surface area contributed by atoms with Crippen molar-refractivity contribution in [3.8, 4) is 0 Å². The van der Waals surface area contributed by atoms with Gasteiger partial charge in [0.1, 0.15) is 11.5 Å². The first kappa shape index (κ1) is 7.73. The molecule has 2 rings (SSSR count). The maximum atomic E-state index is 5.65. The lowest BCUT2D eigenvalue weighted by molar-refractivity contribution is 1.28. The first-order valence-electron chi connectivity index (χ1n) is 3.96. The van der Waals surface area contributed by atoms with E-state index in [4.69, 9.17) is 5.73 Å². The fraction of sp³-hybridized carbons (Fsp3) is 0. The smallest absolute Gasteiger partial charge is 0.150 e. The van der Waals surface area contributed by atoms with Crippen molar-refractivity contribution in [1.82, 2.24) is 9.97 Å². The molecule has 0 aliphatic carbocycles. The molecule has 1 heterocycles. The Morgan fingerprint density at radius 3 is 2.38 bits per heavy atom. The summed E-state index contributed by atoms with van der Waals surface area (Å²) < 4.78 is 0. The number of anilines is 1. The molecule has 3 nitrogen and oxygen atoms in total. The summed E-state index contributed by atoms with van der Waals surface area (Å²) in [6, 6.07) is 7.60. The van der Waals surface area contributed by atoms with E-state index in [1.165, 1.54) is 0 Å². The number of benzene rings is 1. The van der Waals surface area contributed by atoms with Crippen LogP contribution in [0, 0.1) is 0 Å². The van der Waals surface area contributed by atoms with Gasteiger partial charge < -0.3 is 5.73 Å². The normalized spacial score (nSPS) is 10.2. The molecule has 0 spiro atoms. The maximum Gasteiger partial charge on any atom is 0.150 e. The maximum absolute atomic E-state index is 5.65. The van der Waals surface area contributed by atoms with Crippen LogP contribution in [0.2, 0.25) is 0 Å². The van der Waals surface area contributed by atoms with Crippen LogP contribution in [0.1, 0.15) is 5.69 Å². The van der Waals surface area contributed by atoms with Crippen LogP contribution in [0.5, 0.6) is 0 Å². The average molecular weight is 171 g/mol. The van der Waals surface area contributed by atoms with Gasteiger partial charge in [-0.05, 0) is 18.2 Å². The van der Waals surface area contributed by atoms with Crippen LogP contribution in [0.15, 0.2) is 30.8 Å². The molecule has 3 heteroatoms. The van der Waals surface area contributed by atoms with Crippen molar-refractivity contribution in [3.63, 3.8) is 0 Å². The SMILES string of the molecule is C=Cc1nc2ccccc2nc1N. The minimum atomic E-state index is 0.425. The number of nitrogens with two attached hydrogens (primary N) is 1. The Morgan fingerprint density at radius 1 is 1.15 bits per heavy atom. The highest BCUT2D eigenvalue weighted by atomic mass is 14.9. The van der Waals surface area contributed by atoms with Gasteiger partial charge in [0.2, 0.25) is 0 Å². The zero-order valence-corrected chi connectivity index (χ0v) is 7.07. The van der Waals surface area contributed by atoms with Crippen molar-refractivity contribution < 1.29 is 0 Å². The molecule has 1 aromatic carbocycles. The summed E-state index contributed by atoms with van der Waals surface area (Å²) in [5.41, 5.74) is 7.94. The van der Waals surface area contributed by atoms with Gasteiger partial charge in [-0.25, -0.2) is 9.97 Å². The van der Waals surface area contributed by atoms with E-state index >= 15 is 0 Å².